The normalized spacial score (nSPS) is 33.6. The van der Waals surface area contributed by atoms with Crippen LogP contribution in [0.3, 0.4) is 0 Å². The van der Waals surface area contributed by atoms with Crippen LogP contribution in [0.1, 0.15) is 66.8 Å². The summed E-state index contributed by atoms with van der Waals surface area (Å²) in [5, 5.41) is 21.1. The number of rotatable bonds is 3. The van der Waals surface area contributed by atoms with Crippen LogP contribution in [0.2, 0.25) is 0 Å². The third kappa shape index (κ3) is 3.99. The molecule has 0 saturated heterocycles. The van der Waals surface area contributed by atoms with Crippen molar-refractivity contribution in [3.63, 3.8) is 0 Å². The smallest absolute Gasteiger partial charge is 0.231 e. The Morgan fingerprint density at radius 3 is 2.85 bits per heavy atom. The van der Waals surface area contributed by atoms with E-state index in [1.54, 1.807) is 7.11 Å². The Morgan fingerprint density at radius 2 is 2.00 bits per heavy atom. The molecule has 2 aromatic rings. The number of aryl methyl sites for hydroxylation is 1. The zero-order chi connectivity index (χ0) is 27.6. The van der Waals surface area contributed by atoms with E-state index in [-0.39, 0.29) is 18.2 Å². The number of nitrogens with zero attached hydrogens (tertiary/aromatic N) is 1. The van der Waals surface area contributed by atoms with Gasteiger partial charge in [0.2, 0.25) is 12.5 Å². The summed E-state index contributed by atoms with van der Waals surface area (Å²) in [4.78, 5) is 2.24. The number of methoxy groups -OCH3 is 1. The zero-order valence-electron chi connectivity index (χ0n) is 23.6. The lowest BCUT2D eigenvalue weighted by atomic mass is 9.55. The van der Waals surface area contributed by atoms with Gasteiger partial charge in [0.05, 0.1) is 19.3 Å². The van der Waals surface area contributed by atoms with Gasteiger partial charge in [-0.2, -0.15) is 0 Å². The lowest BCUT2D eigenvalue weighted by molar-refractivity contribution is -0.0505. The van der Waals surface area contributed by atoms with Gasteiger partial charge < -0.3 is 29.2 Å². The molecule has 2 aromatic carbocycles. The SMILES string of the molecule is COc1c2c(cc3c1[C@H](C#CCOc1ccc4c(c1)CC[C@@H]1[C@@H]4CC[C@]4(C)[C@@H](O)[C@H](O)C[C@@H]14)N(C)CC3)OCO2. The van der Waals surface area contributed by atoms with Crippen molar-refractivity contribution in [1.29, 1.82) is 0 Å². The Bertz CT molecular complexity index is 1380. The van der Waals surface area contributed by atoms with Crippen LogP contribution >= 0.6 is 0 Å². The maximum atomic E-state index is 10.7. The molecule has 0 aromatic heterocycles. The Hall–Kier alpha value is -2.92. The second-order valence-corrected chi connectivity index (χ2v) is 12.5. The molecule has 2 fully saturated rings. The summed E-state index contributed by atoms with van der Waals surface area (Å²) in [6, 6.07) is 8.49. The summed E-state index contributed by atoms with van der Waals surface area (Å²) in [7, 11) is 3.76. The van der Waals surface area contributed by atoms with Crippen molar-refractivity contribution in [2.24, 2.45) is 17.3 Å². The number of benzene rings is 2. The molecule has 0 radical (unpaired) electrons. The molecular formula is C33H39NO6. The molecule has 7 rings (SSSR count). The van der Waals surface area contributed by atoms with E-state index < -0.39 is 12.2 Å². The highest BCUT2D eigenvalue weighted by Crippen LogP contribution is 2.61. The molecule has 2 saturated carbocycles. The van der Waals surface area contributed by atoms with Gasteiger partial charge in [-0.05, 0) is 104 Å². The summed E-state index contributed by atoms with van der Waals surface area (Å²) < 4.78 is 23.2. The van der Waals surface area contributed by atoms with Crippen LogP contribution < -0.4 is 18.9 Å². The topological polar surface area (TPSA) is 80.6 Å². The van der Waals surface area contributed by atoms with E-state index in [9.17, 15) is 10.2 Å². The minimum absolute atomic E-state index is 0.109. The van der Waals surface area contributed by atoms with Crippen LogP contribution in [0.15, 0.2) is 24.3 Å². The molecule has 0 amide bonds. The quantitative estimate of drug-likeness (QED) is 0.559. The average Bonchev–Trinajstić information content (AvgIpc) is 3.52. The first-order chi connectivity index (χ1) is 19.4. The molecule has 0 bridgehead atoms. The highest BCUT2D eigenvalue weighted by atomic mass is 16.7. The molecule has 7 nitrogen and oxygen atoms in total. The van der Waals surface area contributed by atoms with Gasteiger partial charge in [-0.1, -0.05) is 24.8 Å². The summed E-state index contributed by atoms with van der Waals surface area (Å²) in [5.74, 6) is 11.1. The molecular weight excluding hydrogens is 506 g/mol. The Labute approximate surface area is 236 Å². The molecule has 2 heterocycles. The first-order valence-corrected chi connectivity index (χ1v) is 14.7. The number of likely N-dealkylation sites (N-methyl/N-ethyl adjacent to an activating group) is 1. The van der Waals surface area contributed by atoms with E-state index in [4.69, 9.17) is 18.9 Å². The second-order valence-electron chi connectivity index (χ2n) is 12.5. The maximum Gasteiger partial charge on any atom is 0.231 e. The minimum Gasteiger partial charge on any atom is -0.492 e. The van der Waals surface area contributed by atoms with Gasteiger partial charge in [0.1, 0.15) is 18.4 Å². The number of hydrogen-bond donors (Lipinski definition) is 2. The fraction of sp³-hybridized carbons (Fsp3) is 0.576. The molecule has 2 N–H and O–H groups in total. The van der Waals surface area contributed by atoms with Crippen LogP contribution in [0.4, 0.5) is 0 Å². The monoisotopic (exact) mass is 545 g/mol. The predicted octanol–water partition coefficient (Wildman–Crippen LogP) is 4.22. The molecule has 7 heteroatoms. The number of aliphatic hydroxyl groups excluding tert-OH is 2. The fourth-order valence-electron chi connectivity index (χ4n) is 8.51. The second kappa shape index (κ2) is 9.87. The van der Waals surface area contributed by atoms with Crippen molar-refractivity contribution in [1.82, 2.24) is 4.90 Å². The summed E-state index contributed by atoms with van der Waals surface area (Å²) >= 11 is 0. The third-order valence-electron chi connectivity index (χ3n) is 10.6. The van der Waals surface area contributed by atoms with E-state index in [0.717, 1.165) is 67.9 Å². The molecule has 40 heavy (non-hydrogen) atoms. The van der Waals surface area contributed by atoms with Crippen molar-refractivity contribution < 1.29 is 29.2 Å². The van der Waals surface area contributed by atoms with Crippen molar-refractivity contribution in [3.05, 3.63) is 46.5 Å². The first-order valence-electron chi connectivity index (χ1n) is 14.7. The van der Waals surface area contributed by atoms with E-state index in [1.165, 1.54) is 16.7 Å². The summed E-state index contributed by atoms with van der Waals surface area (Å²) in [5.41, 5.74) is 4.90. The third-order valence-corrected chi connectivity index (χ3v) is 10.6. The number of hydrogen-bond acceptors (Lipinski definition) is 7. The zero-order valence-corrected chi connectivity index (χ0v) is 23.6. The molecule has 3 aliphatic carbocycles. The van der Waals surface area contributed by atoms with E-state index in [2.05, 4.69) is 55.0 Å². The molecule has 7 atom stereocenters. The van der Waals surface area contributed by atoms with Gasteiger partial charge in [-0.25, -0.2) is 0 Å². The van der Waals surface area contributed by atoms with E-state index in [0.29, 0.717) is 30.1 Å². The largest absolute Gasteiger partial charge is 0.492 e. The van der Waals surface area contributed by atoms with E-state index >= 15 is 0 Å². The van der Waals surface area contributed by atoms with Gasteiger partial charge in [0.25, 0.3) is 0 Å². The molecule has 2 aliphatic heterocycles. The van der Waals surface area contributed by atoms with Crippen LogP contribution in [0, 0.1) is 29.1 Å². The van der Waals surface area contributed by atoms with Gasteiger partial charge in [0, 0.05) is 12.1 Å². The van der Waals surface area contributed by atoms with E-state index in [1.807, 2.05) is 0 Å². The van der Waals surface area contributed by atoms with Crippen molar-refractivity contribution in [3.8, 4) is 34.8 Å². The van der Waals surface area contributed by atoms with Crippen molar-refractivity contribution in [2.45, 2.75) is 69.6 Å². The average molecular weight is 546 g/mol. The molecule has 0 unspecified atom stereocenters. The highest BCUT2D eigenvalue weighted by Gasteiger charge is 2.57. The Balaban J connectivity index is 1.06. The van der Waals surface area contributed by atoms with Crippen LogP contribution in [-0.4, -0.2) is 61.4 Å². The fourth-order valence-corrected chi connectivity index (χ4v) is 8.51. The van der Waals surface area contributed by atoms with Crippen LogP contribution in [-0.2, 0) is 12.8 Å². The van der Waals surface area contributed by atoms with Gasteiger partial charge >= 0.3 is 0 Å². The van der Waals surface area contributed by atoms with Gasteiger partial charge in [0.15, 0.2) is 11.5 Å². The van der Waals surface area contributed by atoms with Gasteiger partial charge in [-0.3, -0.25) is 4.90 Å². The first kappa shape index (κ1) is 26.0. The lowest BCUT2D eigenvalue weighted by Crippen LogP contribution is -2.44. The highest BCUT2D eigenvalue weighted by molar-refractivity contribution is 5.63. The number of fused-ring (bicyclic) bond motifs is 7. The van der Waals surface area contributed by atoms with Gasteiger partial charge in [-0.15, -0.1) is 0 Å². The van der Waals surface area contributed by atoms with Crippen molar-refractivity contribution in [2.75, 3.05) is 34.1 Å². The predicted molar refractivity (Wildman–Crippen MR) is 150 cm³/mol. The lowest BCUT2D eigenvalue weighted by Gasteiger charge is -2.49. The van der Waals surface area contributed by atoms with Crippen molar-refractivity contribution >= 4 is 0 Å². The molecule has 212 valence electrons. The summed E-state index contributed by atoms with van der Waals surface area (Å²) in [6.45, 7) is 3.62. The maximum absolute atomic E-state index is 10.7. The Morgan fingerprint density at radius 1 is 1.12 bits per heavy atom. The molecule has 0 spiro atoms. The molecule has 5 aliphatic rings. The Kier molecular flexibility index (Phi) is 6.42. The van der Waals surface area contributed by atoms with Crippen LogP contribution in [0.5, 0.6) is 23.0 Å². The number of ether oxygens (including phenoxy) is 4. The minimum atomic E-state index is -0.595. The number of aliphatic hydroxyl groups is 2. The summed E-state index contributed by atoms with van der Waals surface area (Å²) in [6.07, 6.45) is 4.61. The van der Waals surface area contributed by atoms with Crippen LogP contribution in [0.25, 0.3) is 0 Å². The standard InChI is InChI=1S/C33H39NO6/c1-33-12-10-23-22-9-7-21(15-19(22)6-8-24(23)25(33)17-27(35)32(33)36)38-14-4-5-26-29-20(11-13-34(26)2)16-28-30(31(29)37-3)40-18-39-28/h7,9,15-16,23-27,32,35-36H,6,8,10-14,17-18H2,1-3H3/t23-,24-,25+,26+,27-,32+,33+/m1/s1.